The van der Waals surface area contributed by atoms with E-state index in [1.54, 1.807) is 25.3 Å². The molecule has 0 radical (unpaired) electrons. The summed E-state index contributed by atoms with van der Waals surface area (Å²) in [6, 6.07) is 4.21. The number of urea groups is 1. The molecule has 6 heteroatoms. The highest BCUT2D eigenvalue weighted by Crippen LogP contribution is 2.49. The molecular formula is C17H22N2O4. The minimum atomic E-state index is -0.698. The first-order valence-corrected chi connectivity index (χ1v) is 7.87. The lowest BCUT2D eigenvalue weighted by atomic mass is 10.0. The molecule has 6 nitrogen and oxygen atoms in total. The average Bonchev–Trinajstić information content (AvgIpc) is 3.31. The highest BCUT2D eigenvalue weighted by atomic mass is 16.5. The van der Waals surface area contributed by atoms with Crippen LogP contribution in [-0.4, -0.2) is 37.6 Å². The van der Waals surface area contributed by atoms with Crippen molar-refractivity contribution >= 4 is 11.9 Å². The predicted molar refractivity (Wildman–Crippen MR) is 84.5 cm³/mol. The van der Waals surface area contributed by atoms with Gasteiger partial charge in [0.15, 0.2) is 0 Å². The van der Waals surface area contributed by atoms with Gasteiger partial charge in [0.1, 0.15) is 17.5 Å². The summed E-state index contributed by atoms with van der Waals surface area (Å²) in [5.74, 6) is 0.960. The fraction of sp³-hybridized carbons (Fsp3) is 0.529. The Morgan fingerprint density at radius 1 is 1.26 bits per heavy atom. The molecule has 1 aliphatic heterocycles. The average molecular weight is 318 g/mol. The number of hydrogen-bond donors (Lipinski definition) is 1. The van der Waals surface area contributed by atoms with Gasteiger partial charge in [0.05, 0.1) is 14.2 Å². The molecule has 1 N–H and O–H groups in total. The van der Waals surface area contributed by atoms with Gasteiger partial charge in [0.25, 0.3) is 5.91 Å². The Morgan fingerprint density at radius 2 is 2.00 bits per heavy atom. The third-order valence-electron chi connectivity index (χ3n) is 4.98. The van der Waals surface area contributed by atoms with E-state index in [-0.39, 0.29) is 17.4 Å². The quantitative estimate of drug-likeness (QED) is 0.818. The number of methoxy groups -OCH3 is 2. The van der Waals surface area contributed by atoms with Crippen molar-refractivity contribution in [3.05, 3.63) is 23.8 Å². The molecule has 0 bridgehead atoms. The van der Waals surface area contributed by atoms with Crippen LogP contribution in [0.3, 0.4) is 0 Å². The standard InChI is InChI=1S/C17H22N2O4/c1-4-17(7-8-17)10-19-15(20)14(18-16(19)21)12-6-5-11(22-2)9-13(12)23-3/h5-6,9,14H,4,7-8,10H2,1-3H3,(H,18,21)/t14-/m0/s1. The van der Waals surface area contributed by atoms with Crippen molar-refractivity contribution in [3.8, 4) is 11.5 Å². The van der Waals surface area contributed by atoms with Crippen molar-refractivity contribution < 1.29 is 19.1 Å². The summed E-state index contributed by atoms with van der Waals surface area (Å²) in [6.45, 7) is 2.61. The summed E-state index contributed by atoms with van der Waals surface area (Å²) < 4.78 is 10.5. The van der Waals surface area contributed by atoms with Gasteiger partial charge in [-0.25, -0.2) is 4.79 Å². The summed E-state index contributed by atoms with van der Waals surface area (Å²) in [5.41, 5.74) is 0.779. The van der Waals surface area contributed by atoms with Crippen molar-refractivity contribution in [2.24, 2.45) is 5.41 Å². The normalized spacial score (nSPS) is 22.0. The summed E-state index contributed by atoms with van der Waals surface area (Å²) >= 11 is 0. The number of rotatable bonds is 6. The monoisotopic (exact) mass is 318 g/mol. The first-order chi connectivity index (χ1) is 11.0. The second-order valence-corrected chi connectivity index (χ2v) is 6.27. The first kappa shape index (κ1) is 15.6. The summed E-state index contributed by atoms with van der Waals surface area (Å²) in [4.78, 5) is 26.3. The van der Waals surface area contributed by atoms with E-state index in [1.165, 1.54) is 12.0 Å². The third kappa shape index (κ3) is 2.73. The summed E-state index contributed by atoms with van der Waals surface area (Å²) in [5, 5.41) is 2.77. The van der Waals surface area contributed by atoms with E-state index >= 15 is 0 Å². The highest BCUT2D eigenvalue weighted by molar-refractivity contribution is 6.05. The van der Waals surface area contributed by atoms with Crippen molar-refractivity contribution in [2.75, 3.05) is 20.8 Å². The largest absolute Gasteiger partial charge is 0.497 e. The van der Waals surface area contributed by atoms with Crippen LogP contribution in [-0.2, 0) is 4.79 Å². The molecule has 3 amide bonds. The van der Waals surface area contributed by atoms with Crippen LogP contribution in [0.25, 0.3) is 0 Å². The molecule has 0 unspecified atom stereocenters. The number of carbonyl (C=O) groups is 2. The van der Waals surface area contributed by atoms with Crippen molar-refractivity contribution in [2.45, 2.75) is 32.2 Å². The van der Waals surface area contributed by atoms with Gasteiger partial charge in [-0.3, -0.25) is 9.69 Å². The fourth-order valence-corrected chi connectivity index (χ4v) is 3.07. The van der Waals surface area contributed by atoms with Gasteiger partial charge < -0.3 is 14.8 Å². The predicted octanol–water partition coefficient (Wildman–Crippen LogP) is 2.49. The van der Waals surface area contributed by atoms with E-state index < -0.39 is 6.04 Å². The molecule has 2 aliphatic rings. The molecule has 1 saturated heterocycles. The molecule has 1 saturated carbocycles. The van der Waals surface area contributed by atoms with Gasteiger partial charge in [-0.15, -0.1) is 0 Å². The minimum Gasteiger partial charge on any atom is -0.497 e. The van der Waals surface area contributed by atoms with E-state index in [0.29, 0.717) is 23.6 Å². The Bertz CT molecular complexity index is 639. The maximum Gasteiger partial charge on any atom is 0.325 e. The van der Waals surface area contributed by atoms with E-state index in [9.17, 15) is 9.59 Å². The SMILES string of the molecule is CCC1(CN2C(=O)N[C@@H](c3ccc(OC)cc3OC)C2=O)CC1. The van der Waals surface area contributed by atoms with Crippen molar-refractivity contribution in [3.63, 3.8) is 0 Å². The van der Waals surface area contributed by atoms with Gasteiger partial charge in [-0.05, 0) is 36.8 Å². The molecule has 1 aromatic rings. The van der Waals surface area contributed by atoms with Crippen molar-refractivity contribution in [1.82, 2.24) is 10.2 Å². The Labute approximate surface area is 135 Å². The smallest absolute Gasteiger partial charge is 0.325 e. The molecule has 1 aliphatic carbocycles. The maximum absolute atomic E-state index is 12.7. The van der Waals surface area contributed by atoms with Crippen LogP contribution in [0.1, 0.15) is 37.8 Å². The molecule has 2 fully saturated rings. The van der Waals surface area contributed by atoms with Crippen LogP contribution in [0.2, 0.25) is 0 Å². The van der Waals surface area contributed by atoms with Gasteiger partial charge in [-0.2, -0.15) is 0 Å². The van der Waals surface area contributed by atoms with Gasteiger partial charge in [0, 0.05) is 18.2 Å². The third-order valence-corrected chi connectivity index (χ3v) is 4.98. The Hall–Kier alpha value is -2.24. The molecule has 1 aromatic carbocycles. The number of ether oxygens (including phenoxy) is 2. The Balaban J connectivity index is 1.84. The number of imide groups is 1. The van der Waals surface area contributed by atoms with E-state index in [1.807, 2.05) is 0 Å². The molecule has 1 atom stereocenters. The van der Waals surface area contributed by atoms with Gasteiger partial charge in [0.2, 0.25) is 0 Å². The van der Waals surface area contributed by atoms with Gasteiger partial charge in [-0.1, -0.05) is 6.92 Å². The zero-order chi connectivity index (χ0) is 16.6. The summed E-state index contributed by atoms with van der Waals surface area (Å²) in [7, 11) is 3.10. The maximum atomic E-state index is 12.7. The highest BCUT2D eigenvalue weighted by Gasteiger charge is 2.48. The first-order valence-electron chi connectivity index (χ1n) is 7.87. The number of nitrogens with zero attached hydrogens (tertiary/aromatic N) is 1. The number of benzene rings is 1. The molecule has 23 heavy (non-hydrogen) atoms. The zero-order valence-corrected chi connectivity index (χ0v) is 13.7. The Kier molecular flexibility index (Phi) is 3.92. The van der Waals surface area contributed by atoms with Crippen LogP contribution in [0.4, 0.5) is 4.79 Å². The van der Waals surface area contributed by atoms with E-state index in [4.69, 9.17) is 9.47 Å². The number of hydrogen-bond acceptors (Lipinski definition) is 4. The molecule has 0 aromatic heterocycles. The van der Waals surface area contributed by atoms with E-state index in [0.717, 1.165) is 19.3 Å². The van der Waals surface area contributed by atoms with Crippen LogP contribution < -0.4 is 14.8 Å². The molecule has 124 valence electrons. The van der Waals surface area contributed by atoms with Crippen molar-refractivity contribution in [1.29, 1.82) is 0 Å². The summed E-state index contributed by atoms with van der Waals surface area (Å²) in [6.07, 6.45) is 3.15. The topological polar surface area (TPSA) is 67.9 Å². The lowest BCUT2D eigenvalue weighted by molar-refractivity contribution is -0.128. The number of amides is 3. The fourth-order valence-electron chi connectivity index (χ4n) is 3.07. The van der Waals surface area contributed by atoms with Crippen LogP contribution in [0.5, 0.6) is 11.5 Å². The number of carbonyl (C=O) groups excluding carboxylic acids is 2. The second-order valence-electron chi connectivity index (χ2n) is 6.27. The molecular weight excluding hydrogens is 296 g/mol. The Morgan fingerprint density at radius 3 is 2.57 bits per heavy atom. The molecule has 1 heterocycles. The lowest BCUT2D eigenvalue weighted by Crippen LogP contribution is -2.36. The second kappa shape index (κ2) is 5.76. The number of nitrogens with one attached hydrogen (secondary N) is 1. The van der Waals surface area contributed by atoms with Gasteiger partial charge >= 0.3 is 6.03 Å². The lowest BCUT2D eigenvalue weighted by Gasteiger charge is -2.20. The van der Waals surface area contributed by atoms with Crippen LogP contribution in [0, 0.1) is 5.41 Å². The molecule has 3 rings (SSSR count). The zero-order valence-electron chi connectivity index (χ0n) is 13.7. The minimum absolute atomic E-state index is 0.131. The van der Waals surface area contributed by atoms with Crippen LogP contribution >= 0.6 is 0 Å². The van der Waals surface area contributed by atoms with Crippen LogP contribution in [0.15, 0.2) is 18.2 Å². The van der Waals surface area contributed by atoms with E-state index in [2.05, 4.69) is 12.2 Å². The molecule has 0 spiro atoms.